The molecule has 0 unspecified atom stereocenters. The molecular weight excluding hydrogens is 394 g/mol. The van der Waals surface area contributed by atoms with E-state index in [9.17, 15) is 20.0 Å². The molecule has 1 aliphatic heterocycles. The monoisotopic (exact) mass is 407 g/mol. The van der Waals surface area contributed by atoms with Crippen LogP contribution in [0.25, 0.3) is 17.4 Å². The van der Waals surface area contributed by atoms with Gasteiger partial charge < -0.3 is 14.8 Å². The molecule has 2 aromatic carbocycles. The molecule has 2 N–H and O–H groups in total. The Hall–Kier alpha value is -3.85. The summed E-state index contributed by atoms with van der Waals surface area (Å²) in [4.78, 5) is 27.1. The van der Waals surface area contributed by atoms with Crippen molar-refractivity contribution in [1.82, 2.24) is 5.32 Å². The van der Waals surface area contributed by atoms with Gasteiger partial charge in [-0.2, -0.15) is 0 Å². The van der Waals surface area contributed by atoms with Crippen LogP contribution in [0.15, 0.2) is 75.0 Å². The fraction of sp³-hybridized carbons (Fsp3) is 0. The zero-order valence-corrected chi connectivity index (χ0v) is 15.6. The predicted octanol–water partition coefficient (Wildman–Crippen LogP) is 5.09. The van der Waals surface area contributed by atoms with Crippen LogP contribution in [0.1, 0.15) is 5.76 Å². The van der Waals surface area contributed by atoms with Crippen molar-refractivity contribution in [3.63, 3.8) is 0 Å². The molecule has 1 saturated heterocycles. The van der Waals surface area contributed by atoms with Crippen molar-refractivity contribution < 1.29 is 19.2 Å². The predicted molar refractivity (Wildman–Crippen MR) is 110 cm³/mol. The number of aliphatic imine (C=N–C) groups is 1. The van der Waals surface area contributed by atoms with Gasteiger partial charge in [0.1, 0.15) is 23.1 Å². The second-order valence-electron chi connectivity index (χ2n) is 6.01. The average Bonchev–Trinajstić information content (AvgIpc) is 3.29. The van der Waals surface area contributed by atoms with E-state index in [0.29, 0.717) is 33.5 Å². The third-order valence-corrected chi connectivity index (χ3v) is 4.81. The van der Waals surface area contributed by atoms with Crippen molar-refractivity contribution in [3.8, 4) is 17.1 Å². The van der Waals surface area contributed by atoms with E-state index >= 15 is 0 Å². The highest BCUT2D eigenvalue weighted by atomic mass is 32.2. The number of nitrogens with one attached hydrogen (secondary N) is 1. The van der Waals surface area contributed by atoms with E-state index in [1.807, 2.05) is 0 Å². The van der Waals surface area contributed by atoms with E-state index in [1.165, 1.54) is 24.3 Å². The normalized spacial score (nSPS) is 16.3. The average molecular weight is 407 g/mol. The Bertz CT molecular complexity index is 1160. The molecule has 29 heavy (non-hydrogen) atoms. The van der Waals surface area contributed by atoms with E-state index < -0.39 is 4.92 Å². The first kappa shape index (κ1) is 18.5. The second-order valence-corrected chi connectivity index (χ2v) is 7.02. The molecule has 0 radical (unpaired) electrons. The molecular formula is C20H13N3O5S. The second kappa shape index (κ2) is 7.64. The molecule has 0 saturated carbocycles. The lowest BCUT2D eigenvalue weighted by Gasteiger charge is -2.00. The van der Waals surface area contributed by atoms with Gasteiger partial charge in [0, 0.05) is 23.8 Å². The van der Waals surface area contributed by atoms with Crippen molar-refractivity contribution >= 4 is 40.3 Å². The van der Waals surface area contributed by atoms with Crippen LogP contribution in [0.4, 0.5) is 16.2 Å². The van der Waals surface area contributed by atoms with Gasteiger partial charge in [0.05, 0.1) is 15.5 Å². The molecule has 0 bridgehead atoms. The first-order valence-electron chi connectivity index (χ1n) is 8.41. The maximum absolute atomic E-state index is 11.8. The number of carbonyl (C=O) groups is 1. The van der Waals surface area contributed by atoms with Crippen LogP contribution < -0.4 is 5.32 Å². The smallest absolute Gasteiger partial charge is 0.289 e. The lowest BCUT2D eigenvalue weighted by Crippen LogP contribution is -2.18. The first-order chi connectivity index (χ1) is 14.0. The van der Waals surface area contributed by atoms with Gasteiger partial charge in [-0.25, -0.2) is 4.99 Å². The number of aromatic hydroxyl groups is 1. The number of nitrogens with zero attached hydrogens (tertiary/aromatic N) is 2. The summed E-state index contributed by atoms with van der Waals surface area (Å²) in [5.74, 6) is 1.48. The molecule has 9 heteroatoms. The standard InChI is InChI=1S/C20H13N3O5S/c24-15-3-1-2-13(10-15)21-19-18(29-20(25)22-19)11-16-8-9-17(28-16)12-4-6-14(7-5-12)23(26)27/h1-11,24H,(H,21,22,25)/b18-11-. The highest BCUT2D eigenvalue weighted by molar-refractivity contribution is 8.18. The summed E-state index contributed by atoms with van der Waals surface area (Å²) in [6.45, 7) is 0. The van der Waals surface area contributed by atoms with Gasteiger partial charge in [-0.1, -0.05) is 6.07 Å². The third kappa shape index (κ3) is 4.19. The molecule has 144 valence electrons. The van der Waals surface area contributed by atoms with Crippen LogP contribution in [0.2, 0.25) is 0 Å². The fourth-order valence-electron chi connectivity index (χ4n) is 2.67. The number of nitro benzene ring substituents is 1. The Morgan fingerprint density at radius 2 is 1.93 bits per heavy atom. The summed E-state index contributed by atoms with van der Waals surface area (Å²) in [6, 6.07) is 15.9. The van der Waals surface area contributed by atoms with Gasteiger partial charge in [-0.05, 0) is 54.2 Å². The van der Waals surface area contributed by atoms with E-state index in [0.717, 1.165) is 11.8 Å². The van der Waals surface area contributed by atoms with E-state index in [4.69, 9.17) is 4.42 Å². The zero-order valence-electron chi connectivity index (χ0n) is 14.7. The molecule has 1 amide bonds. The number of phenolic OH excluding ortho intramolecular Hbond substituents is 1. The Kier molecular flexibility index (Phi) is 4.88. The Balaban J connectivity index is 1.61. The Morgan fingerprint density at radius 3 is 2.66 bits per heavy atom. The number of hydrogen-bond donors (Lipinski definition) is 2. The van der Waals surface area contributed by atoms with Crippen molar-refractivity contribution in [2.24, 2.45) is 4.99 Å². The van der Waals surface area contributed by atoms with E-state index in [2.05, 4.69) is 10.3 Å². The summed E-state index contributed by atoms with van der Waals surface area (Å²) in [5.41, 5.74) is 1.20. The van der Waals surface area contributed by atoms with Gasteiger partial charge in [0.25, 0.3) is 10.9 Å². The Labute approximate surface area is 168 Å². The van der Waals surface area contributed by atoms with Crippen LogP contribution >= 0.6 is 11.8 Å². The highest BCUT2D eigenvalue weighted by Gasteiger charge is 2.24. The SMILES string of the molecule is O=C1NC(=Nc2cccc(O)c2)/C(=C/c2ccc(-c3ccc([N+](=O)[O-])cc3)o2)S1. The minimum absolute atomic E-state index is 0.00221. The van der Waals surface area contributed by atoms with Crippen LogP contribution in [-0.2, 0) is 0 Å². The maximum Gasteiger partial charge on any atom is 0.289 e. The maximum atomic E-state index is 11.8. The molecule has 4 rings (SSSR count). The number of amidine groups is 1. The number of benzene rings is 2. The topological polar surface area (TPSA) is 118 Å². The Morgan fingerprint density at radius 1 is 1.14 bits per heavy atom. The van der Waals surface area contributed by atoms with Gasteiger partial charge in [-0.15, -0.1) is 0 Å². The number of thioether (sulfide) groups is 1. The molecule has 0 spiro atoms. The van der Waals surface area contributed by atoms with Crippen molar-refractivity contribution in [3.05, 3.63) is 81.4 Å². The molecule has 1 aliphatic rings. The molecule has 0 atom stereocenters. The number of nitro groups is 1. The molecule has 1 aromatic heterocycles. The van der Waals surface area contributed by atoms with Crippen LogP contribution in [-0.4, -0.2) is 21.1 Å². The van der Waals surface area contributed by atoms with E-state index in [-0.39, 0.29) is 16.7 Å². The highest BCUT2D eigenvalue weighted by Crippen LogP contribution is 2.31. The summed E-state index contributed by atoms with van der Waals surface area (Å²) >= 11 is 0.985. The number of carbonyl (C=O) groups excluding carboxylic acids is 1. The van der Waals surface area contributed by atoms with Gasteiger partial charge >= 0.3 is 0 Å². The minimum Gasteiger partial charge on any atom is -0.508 e. The van der Waals surface area contributed by atoms with Crippen molar-refractivity contribution in [2.45, 2.75) is 0 Å². The zero-order chi connectivity index (χ0) is 20.4. The van der Waals surface area contributed by atoms with Crippen LogP contribution in [0.3, 0.4) is 0 Å². The van der Waals surface area contributed by atoms with Crippen LogP contribution in [0.5, 0.6) is 5.75 Å². The number of rotatable bonds is 4. The molecule has 0 aliphatic carbocycles. The summed E-state index contributed by atoms with van der Waals surface area (Å²) < 4.78 is 5.79. The quantitative estimate of drug-likeness (QED) is 0.459. The molecule has 8 nitrogen and oxygen atoms in total. The van der Waals surface area contributed by atoms with Gasteiger partial charge in [0.15, 0.2) is 0 Å². The van der Waals surface area contributed by atoms with Crippen molar-refractivity contribution in [2.75, 3.05) is 0 Å². The third-order valence-electron chi connectivity index (χ3n) is 3.99. The van der Waals surface area contributed by atoms with Gasteiger partial charge in [0.2, 0.25) is 0 Å². The largest absolute Gasteiger partial charge is 0.508 e. The number of amides is 1. The first-order valence-corrected chi connectivity index (χ1v) is 9.23. The number of hydrogen-bond acceptors (Lipinski definition) is 7. The molecule has 1 fully saturated rings. The summed E-state index contributed by atoms with van der Waals surface area (Å²) in [7, 11) is 0. The van der Waals surface area contributed by atoms with E-state index in [1.54, 1.807) is 42.5 Å². The summed E-state index contributed by atoms with van der Waals surface area (Å²) in [6.07, 6.45) is 1.68. The number of phenols is 1. The fourth-order valence-corrected chi connectivity index (χ4v) is 3.38. The van der Waals surface area contributed by atoms with Crippen LogP contribution in [0, 0.1) is 10.1 Å². The molecule has 3 aromatic rings. The minimum atomic E-state index is -0.462. The lowest BCUT2D eigenvalue weighted by atomic mass is 10.1. The molecule has 2 heterocycles. The van der Waals surface area contributed by atoms with Gasteiger partial charge in [-0.3, -0.25) is 14.9 Å². The lowest BCUT2D eigenvalue weighted by molar-refractivity contribution is -0.384. The number of non-ortho nitro benzene ring substituents is 1. The number of furan rings is 1. The van der Waals surface area contributed by atoms with Crippen molar-refractivity contribution in [1.29, 1.82) is 0 Å². The summed E-state index contributed by atoms with van der Waals surface area (Å²) in [5, 5.41) is 22.7.